The number of hydrogen-bond donors (Lipinski definition) is 2. The monoisotopic (exact) mass is 316 g/mol. The number of amides is 1. The zero-order valence-corrected chi connectivity index (χ0v) is 12.5. The molecule has 2 aromatic carbocycles. The Morgan fingerprint density at radius 1 is 1.17 bits per heavy atom. The van der Waals surface area contributed by atoms with Gasteiger partial charge in [-0.3, -0.25) is 4.79 Å². The van der Waals surface area contributed by atoms with Crippen molar-refractivity contribution < 1.29 is 18.3 Å². The quantitative estimate of drug-likeness (QED) is 0.767. The van der Waals surface area contributed by atoms with Crippen molar-refractivity contribution in [2.45, 2.75) is 6.92 Å². The van der Waals surface area contributed by atoms with Crippen LogP contribution in [0.25, 0.3) is 10.9 Å². The van der Waals surface area contributed by atoms with Crippen LogP contribution in [0.1, 0.15) is 16.1 Å². The van der Waals surface area contributed by atoms with Gasteiger partial charge >= 0.3 is 0 Å². The second kappa shape index (κ2) is 5.72. The van der Waals surface area contributed by atoms with Crippen LogP contribution in [0.15, 0.2) is 36.4 Å². The first-order valence-corrected chi connectivity index (χ1v) is 6.92. The second-order valence-corrected chi connectivity index (χ2v) is 5.11. The molecule has 0 spiro atoms. The number of nitrogens with one attached hydrogen (secondary N) is 2. The molecule has 0 radical (unpaired) electrons. The number of H-pyrrole nitrogens is 1. The predicted molar refractivity (Wildman–Crippen MR) is 83.9 cm³/mol. The number of aromatic nitrogens is 1. The molecule has 23 heavy (non-hydrogen) atoms. The minimum absolute atomic E-state index is 0.0759. The normalized spacial score (nSPS) is 10.8. The Hall–Kier alpha value is -2.89. The molecule has 0 aliphatic carbocycles. The van der Waals surface area contributed by atoms with E-state index in [0.717, 1.165) is 17.6 Å². The lowest BCUT2D eigenvalue weighted by molar-refractivity contribution is 0.102. The molecule has 0 aliphatic rings. The summed E-state index contributed by atoms with van der Waals surface area (Å²) in [5.41, 5.74) is 1.73. The third-order valence-corrected chi connectivity index (χ3v) is 3.60. The fourth-order valence-electron chi connectivity index (χ4n) is 2.50. The Kier molecular flexibility index (Phi) is 3.73. The Morgan fingerprint density at radius 2 is 1.96 bits per heavy atom. The number of ether oxygens (including phenoxy) is 1. The van der Waals surface area contributed by atoms with Crippen LogP contribution < -0.4 is 10.1 Å². The van der Waals surface area contributed by atoms with Crippen LogP contribution in [0.5, 0.6) is 5.75 Å². The lowest BCUT2D eigenvalue weighted by Crippen LogP contribution is -2.14. The molecule has 0 atom stereocenters. The standard InChI is InChI=1S/C17H14F2N2O2/c1-9-16(12-8-11(23-2)4-6-14(12)20-9)17(22)21-15-5-3-10(18)7-13(15)19/h3-8,20H,1-2H3,(H,21,22). The van der Waals surface area contributed by atoms with Crippen molar-refractivity contribution in [2.24, 2.45) is 0 Å². The summed E-state index contributed by atoms with van der Waals surface area (Å²) in [5.74, 6) is -1.40. The van der Waals surface area contributed by atoms with E-state index in [1.54, 1.807) is 25.1 Å². The first kappa shape index (κ1) is 15.0. The topological polar surface area (TPSA) is 54.1 Å². The molecule has 2 N–H and O–H groups in total. The summed E-state index contributed by atoms with van der Waals surface area (Å²) < 4.78 is 31.8. The summed E-state index contributed by atoms with van der Waals surface area (Å²) in [5, 5.41) is 3.14. The van der Waals surface area contributed by atoms with E-state index in [1.807, 2.05) is 0 Å². The van der Waals surface area contributed by atoms with E-state index in [2.05, 4.69) is 10.3 Å². The summed E-state index contributed by atoms with van der Waals surface area (Å²) in [4.78, 5) is 15.6. The van der Waals surface area contributed by atoms with Crippen LogP contribution in [0.3, 0.4) is 0 Å². The number of rotatable bonds is 3. The molecule has 0 fully saturated rings. The van der Waals surface area contributed by atoms with Gasteiger partial charge in [-0.05, 0) is 37.3 Å². The number of aryl methyl sites for hydroxylation is 1. The number of methoxy groups -OCH3 is 1. The molecule has 6 heteroatoms. The van der Waals surface area contributed by atoms with E-state index >= 15 is 0 Å². The maximum absolute atomic E-state index is 13.7. The van der Waals surface area contributed by atoms with Crippen molar-refractivity contribution in [1.82, 2.24) is 4.98 Å². The molecule has 118 valence electrons. The average Bonchev–Trinajstić information content (AvgIpc) is 2.84. The lowest BCUT2D eigenvalue weighted by atomic mass is 10.1. The number of anilines is 1. The maximum atomic E-state index is 13.7. The summed E-state index contributed by atoms with van der Waals surface area (Å²) in [7, 11) is 1.54. The molecular weight excluding hydrogens is 302 g/mol. The van der Waals surface area contributed by atoms with Gasteiger partial charge in [-0.15, -0.1) is 0 Å². The third kappa shape index (κ3) is 2.75. The molecule has 3 rings (SSSR count). The number of benzene rings is 2. The minimum atomic E-state index is -0.826. The van der Waals surface area contributed by atoms with Crippen LogP contribution in [-0.2, 0) is 0 Å². The molecule has 0 bridgehead atoms. The van der Waals surface area contributed by atoms with Gasteiger partial charge < -0.3 is 15.0 Å². The second-order valence-electron chi connectivity index (χ2n) is 5.11. The van der Waals surface area contributed by atoms with Gasteiger partial charge in [-0.2, -0.15) is 0 Å². The molecule has 1 aromatic heterocycles. The minimum Gasteiger partial charge on any atom is -0.497 e. The largest absolute Gasteiger partial charge is 0.497 e. The van der Waals surface area contributed by atoms with E-state index in [-0.39, 0.29) is 5.69 Å². The van der Waals surface area contributed by atoms with E-state index in [9.17, 15) is 13.6 Å². The summed E-state index contributed by atoms with van der Waals surface area (Å²) >= 11 is 0. The van der Waals surface area contributed by atoms with E-state index in [4.69, 9.17) is 4.74 Å². The van der Waals surface area contributed by atoms with E-state index in [0.29, 0.717) is 22.4 Å². The van der Waals surface area contributed by atoms with Crippen LogP contribution in [0.4, 0.5) is 14.5 Å². The van der Waals surface area contributed by atoms with Crippen molar-refractivity contribution in [3.8, 4) is 5.75 Å². The van der Waals surface area contributed by atoms with E-state index in [1.165, 1.54) is 13.2 Å². The first-order valence-electron chi connectivity index (χ1n) is 6.92. The Morgan fingerprint density at radius 3 is 2.65 bits per heavy atom. The van der Waals surface area contributed by atoms with Gasteiger partial charge in [-0.25, -0.2) is 8.78 Å². The Bertz CT molecular complexity index is 903. The zero-order valence-electron chi connectivity index (χ0n) is 12.5. The third-order valence-electron chi connectivity index (χ3n) is 3.60. The number of fused-ring (bicyclic) bond motifs is 1. The highest BCUT2D eigenvalue weighted by atomic mass is 19.1. The van der Waals surface area contributed by atoms with Crippen molar-refractivity contribution in [3.05, 3.63) is 59.3 Å². The first-order chi connectivity index (χ1) is 11.0. The van der Waals surface area contributed by atoms with Crippen molar-refractivity contribution in [2.75, 3.05) is 12.4 Å². The molecule has 1 amide bonds. The molecule has 0 saturated carbocycles. The summed E-state index contributed by atoms with van der Waals surface area (Å²) in [6, 6.07) is 8.31. The molecule has 4 nitrogen and oxygen atoms in total. The molecular formula is C17H14F2N2O2. The molecule has 3 aromatic rings. The number of carbonyl (C=O) groups is 1. The zero-order chi connectivity index (χ0) is 16.6. The van der Waals surface area contributed by atoms with Crippen molar-refractivity contribution in [1.29, 1.82) is 0 Å². The molecule has 0 unspecified atom stereocenters. The van der Waals surface area contributed by atoms with Gasteiger partial charge in [0.25, 0.3) is 5.91 Å². The Balaban J connectivity index is 2.01. The van der Waals surface area contributed by atoms with Crippen LogP contribution in [-0.4, -0.2) is 18.0 Å². The number of carbonyl (C=O) groups excluding carboxylic acids is 1. The van der Waals surface area contributed by atoms with Crippen LogP contribution >= 0.6 is 0 Å². The lowest BCUT2D eigenvalue weighted by Gasteiger charge is -2.07. The van der Waals surface area contributed by atoms with Crippen molar-refractivity contribution in [3.63, 3.8) is 0 Å². The van der Waals surface area contributed by atoms with Gasteiger partial charge in [0.15, 0.2) is 0 Å². The van der Waals surface area contributed by atoms with Gasteiger partial charge in [0.1, 0.15) is 17.4 Å². The Labute approximate surface area is 131 Å². The van der Waals surface area contributed by atoms with E-state index < -0.39 is 17.5 Å². The predicted octanol–water partition coefficient (Wildman–Crippen LogP) is 4.02. The average molecular weight is 316 g/mol. The smallest absolute Gasteiger partial charge is 0.258 e. The fourth-order valence-corrected chi connectivity index (χ4v) is 2.50. The van der Waals surface area contributed by atoms with Gasteiger partial charge in [0.2, 0.25) is 0 Å². The van der Waals surface area contributed by atoms with Crippen LogP contribution in [0, 0.1) is 18.6 Å². The highest BCUT2D eigenvalue weighted by Crippen LogP contribution is 2.27. The molecule has 0 aliphatic heterocycles. The van der Waals surface area contributed by atoms with Gasteiger partial charge in [0, 0.05) is 22.7 Å². The molecule has 0 saturated heterocycles. The SMILES string of the molecule is COc1ccc2[nH]c(C)c(C(=O)Nc3ccc(F)cc3F)c2c1. The maximum Gasteiger partial charge on any atom is 0.258 e. The van der Waals surface area contributed by atoms with Gasteiger partial charge in [0.05, 0.1) is 18.4 Å². The van der Waals surface area contributed by atoms with Gasteiger partial charge in [-0.1, -0.05) is 0 Å². The summed E-state index contributed by atoms with van der Waals surface area (Å²) in [6.45, 7) is 1.75. The molecule has 1 heterocycles. The fraction of sp³-hybridized carbons (Fsp3) is 0.118. The van der Waals surface area contributed by atoms with Crippen molar-refractivity contribution >= 4 is 22.5 Å². The van der Waals surface area contributed by atoms with Crippen LogP contribution in [0.2, 0.25) is 0 Å². The number of halogens is 2. The highest BCUT2D eigenvalue weighted by molar-refractivity contribution is 6.14. The summed E-state index contributed by atoms with van der Waals surface area (Å²) in [6.07, 6.45) is 0. The number of hydrogen-bond acceptors (Lipinski definition) is 2. The number of aromatic amines is 1. The highest BCUT2D eigenvalue weighted by Gasteiger charge is 2.18.